The van der Waals surface area contributed by atoms with E-state index in [1.807, 2.05) is 59.8 Å². The Morgan fingerprint density at radius 3 is 2.49 bits per heavy atom. The summed E-state index contributed by atoms with van der Waals surface area (Å²) >= 11 is 12.4. The topological polar surface area (TPSA) is 64.3 Å². The van der Waals surface area contributed by atoms with E-state index in [9.17, 15) is 4.79 Å². The zero-order chi connectivity index (χ0) is 25.9. The second-order valence-corrected chi connectivity index (χ2v) is 10.6. The summed E-state index contributed by atoms with van der Waals surface area (Å²) in [5.74, 6) is -0.114. The number of rotatable bonds is 7. The van der Waals surface area contributed by atoms with Gasteiger partial charge in [0.05, 0.1) is 11.6 Å². The van der Waals surface area contributed by atoms with Gasteiger partial charge in [-0.25, -0.2) is 4.98 Å². The van der Waals surface area contributed by atoms with Crippen molar-refractivity contribution in [1.29, 1.82) is 0 Å². The Kier molecular flexibility index (Phi) is 7.70. The van der Waals surface area contributed by atoms with E-state index in [-0.39, 0.29) is 11.8 Å². The second kappa shape index (κ2) is 11.1. The Morgan fingerprint density at radius 1 is 1.03 bits per heavy atom. The van der Waals surface area contributed by atoms with Crippen LogP contribution in [0, 0.1) is 0 Å². The Morgan fingerprint density at radius 2 is 1.78 bits per heavy atom. The van der Waals surface area contributed by atoms with E-state index in [1.165, 1.54) is 0 Å². The summed E-state index contributed by atoms with van der Waals surface area (Å²) in [6, 6.07) is 17.9. The minimum Gasteiger partial charge on any atom is -0.367 e. The highest BCUT2D eigenvalue weighted by Crippen LogP contribution is 2.37. The van der Waals surface area contributed by atoms with E-state index in [2.05, 4.69) is 46.2 Å². The summed E-state index contributed by atoms with van der Waals surface area (Å²) in [6.45, 7) is 7.53. The maximum atomic E-state index is 13.7. The number of nitrogens with one attached hydrogen (secondary N) is 2. The number of aromatic amines is 1. The molecule has 6 nitrogen and oxygen atoms in total. The molecule has 1 unspecified atom stereocenters. The first-order valence-corrected chi connectivity index (χ1v) is 13.4. The van der Waals surface area contributed by atoms with E-state index in [4.69, 9.17) is 23.2 Å². The van der Waals surface area contributed by atoms with Crippen LogP contribution in [0.1, 0.15) is 25.3 Å². The molecule has 192 valence electrons. The summed E-state index contributed by atoms with van der Waals surface area (Å²) in [5, 5.41) is 5.88. The third-order valence-electron chi connectivity index (χ3n) is 6.90. The second-order valence-electron chi connectivity index (χ2n) is 9.75. The third-order valence-corrected chi connectivity index (χ3v) is 7.39. The van der Waals surface area contributed by atoms with Crippen molar-refractivity contribution in [2.45, 2.75) is 25.8 Å². The molecule has 0 radical (unpaired) electrons. The van der Waals surface area contributed by atoms with Crippen LogP contribution in [0.3, 0.4) is 0 Å². The third kappa shape index (κ3) is 5.61. The number of benzene rings is 2. The zero-order valence-corrected chi connectivity index (χ0v) is 22.6. The molecule has 1 aliphatic rings. The van der Waals surface area contributed by atoms with E-state index in [0.29, 0.717) is 35.7 Å². The molecular weight excluding hydrogens is 505 g/mol. The van der Waals surface area contributed by atoms with Crippen LogP contribution in [-0.4, -0.2) is 59.5 Å². The van der Waals surface area contributed by atoms with Gasteiger partial charge in [0.1, 0.15) is 5.65 Å². The lowest BCUT2D eigenvalue weighted by Crippen LogP contribution is -2.51. The van der Waals surface area contributed by atoms with Crippen molar-refractivity contribution >= 4 is 45.8 Å². The Bertz CT molecular complexity index is 1380. The number of fused-ring (bicyclic) bond motifs is 1. The lowest BCUT2D eigenvalue weighted by Gasteiger charge is -2.38. The van der Waals surface area contributed by atoms with E-state index < -0.39 is 0 Å². The average molecular weight is 537 g/mol. The number of nitrogens with zero attached hydrogens (tertiary/aromatic N) is 3. The lowest BCUT2D eigenvalue weighted by molar-refractivity contribution is -0.133. The van der Waals surface area contributed by atoms with Crippen LogP contribution in [0.15, 0.2) is 67.0 Å². The number of amides is 1. The van der Waals surface area contributed by atoms with Crippen LogP contribution in [0.5, 0.6) is 0 Å². The minimum absolute atomic E-state index is 0.145. The van der Waals surface area contributed by atoms with Gasteiger partial charge in [-0.1, -0.05) is 61.3 Å². The fourth-order valence-corrected chi connectivity index (χ4v) is 5.29. The van der Waals surface area contributed by atoms with E-state index >= 15 is 0 Å². The number of anilines is 1. The van der Waals surface area contributed by atoms with Crippen molar-refractivity contribution in [3.05, 3.63) is 82.6 Å². The molecule has 2 aromatic heterocycles. The van der Waals surface area contributed by atoms with Crippen molar-refractivity contribution in [3.63, 3.8) is 0 Å². The van der Waals surface area contributed by atoms with E-state index in [0.717, 1.165) is 46.5 Å². The molecule has 1 fully saturated rings. The molecule has 0 saturated carbocycles. The molecule has 1 saturated heterocycles. The molecule has 2 aromatic carbocycles. The monoisotopic (exact) mass is 535 g/mol. The van der Waals surface area contributed by atoms with Crippen molar-refractivity contribution in [2.24, 2.45) is 0 Å². The molecule has 1 amide bonds. The van der Waals surface area contributed by atoms with Crippen molar-refractivity contribution in [2.75, 3.05) is 37.6 Å². The van der Waals surface area contributed by atoms with Gasteiger partial charge in [0.2, 0.25) is 5.91 Å². The van der Waals surface area contributed by atoms with Crippen LogP contribution in [0.4, 0.5) is 5.69 Å². The molecule has 4 aromatic rings. The summed E-state index contributed by atoms with van der Waals surface area (Å²) < 4.78 is 0. The number of hydrogen-bond acceptors (Lipinski definition) is 4. The minimum atomic E-state index is -0.259. The van der Waals surface area contributed by atoms with Crippen LogP contribution in [0.25, 0.3) is 22.2 Å². The first-order chi connectivity index (χ1) is 17.9. The van der Waals surface area contributed by atoms with E-state index in [1.54, 1.807) is 0 Å². The molecule has 37 heavy (non-hydrogen) atoms. The van der Waals surface area contributed by atoms with Crippen LogP contribution in [-0.2, 0) is 4.79 Å². The maximum absolute atomic E-state index is 13.7. The summed E-state index contributed by atoms with van der Waals surface area (Å²) in [6.07, 6.45) is 3.83. The van der Waals surface area contributed by atoms with Crippen LogP contribution in [0.2, 0.25) is 10.0 Å². The zero-order valence-electron chi connectivity index (χ0n) is 21.0. The van der Waals surface area contributed by atoms with Gasteiger partial charge < -0.3 is 20.1 Å². The number of carbonyl (C=O) groups excluding carboxylic acids is 1. The number of hydrogen-bond donors (Lipinski definition) is 2. The Labute approximate surface area is 227 Å². The van der Waals surface area contributed by atoms with Crippen molar-refractivity contribution in [3.8, 4) is 11.1 Å². The predicted molar refractivity (Wildman–Crippen MR) is 153 cm³/mol. The lowest BCUT2D eigenvalue weighted by atomic mass is 9.96. The number of carbonyl (C=O) groups is 1. The Hall–Kier alpha value is -3.06. The molecule has 8 heteroatoms. The largest absolute Gasteiger partial charge is 0.367 e. The molecule has 1 atom stereocenters. The SMILES string of the molecule is CC(C)NCC(C(=O)N1CCN(c2c(-c3cccc(Cl)c3)cnc3[nH]ccc23)CC1)c1ccc(Cl)cc1. The van der Waals surface area contributed by atoms with Gasteiger partial charge in [-0.2, -0.15) is 0 Å². The molecule has 0 bridgehead atoms. The highest BCUT2D eigenvalue weighted by molar-refractivity contribution is 6.31. The fraction of sp³-hybridized carbons (Fsp3) is 0.310. The quantitative estimate of drug-likeness (QED) is 0.306. The number of pyridine rings is 1. The standard InChI is InChI=1S/C29H31Cl2N5O/c1-19(2)33-18-26(20-6-8-22(30)9-7-20)29(37)36-14-12-35(13-15-36)27-24-10-11-32-28(24)34-17-25(27)21-4-3-5-23(31)16-21/h3-11,16-17,19,26,33H,12-15,18H2,1-2H3,(H,32,34). The number of halogens is 2. The van der Waals surface area contributed by atoms with Gasteiger partial charge >= 0.3 is 0 Å². The molecular formula is C29H31Cl2N5O. The molecule has 5 rings (SSSR count). The normalized spacial score (nSPS) is 14.9. The van der Waals surface area contributed by atoms with Crippen molar-refractivity contribution < 1.29 is 4.79 Å². The van der Waals surface area contributed by atoms with Gasteiger partial charge in [-0.05, 0) is 41.5 Å². The van der Waals surface area contributed by atoms with Gasteiger partial charge in [-0.3, -0.25) is 4.79 Å². The van der Waals surface area contributed by atoms with Gasteiger partial charge in [0, 0.05) is 72.2 Å². The predicted octanol–water partition coefficient (Wildman–Crippen LogP) is 5.97. The maximum Gasteiger partial charge on any atom is 0.231 e. The average Bonchev–Trinajstić information content (AvgIpc) is 3.38. The molecule has 0 aliphatic carbocycles. The van der Waals surface area contributed by atoms with Crippen LogP contribution >= 0.6 is 23.2 Å². The number of H-pyrrole nitrogens is 1. The number of aromatic nitrogens is 2. The molecule has 0 spiro atoms. The molecule has 2 N–H and O–H groups in total. The van der Waals surface area contributed by atoms with Crippen LogP contribution < -0.4 is 10.2 Å². The highest BCUT2D eigenvalue weighted by atomic mass is 35.5. The highest BCUT2D eigenvalue weighted by Gasteiger charge is 2.30. The summed E-state index contributed by atoms with van der Waals surface area (Å²) in [4.78, 5) is 26.0. The van der Waals surface area contributed by atoms with Gasteiger partial charge in [-0.15, -0.1) is 0 Å². The summed E-state index contributed by atoms with van der Waals surface area (Å²) in [5.41, 5.74) is 5.02. The van der Waals surface area contributed by atoms with Gasteiger partial charge in [0.15, 0.2) is 0 Å². The Balaban J connectivity index is 1.39. The smallest absolute Gasteiger partial charge is 0.231 e. The molecule has 1 aliphatic heterocycles. The first kappa shape index (κ1) is 25.6. The summed E-state index contributed by atoms with van der Waals surface area (Å²) in [7, 11) is 0. The molecule has 3 heterocycles. The first-order valence-electron chi connectivity index (χ1n) is 12.7. The van der Waals surface area contributed by atoms with Gasteiger partial charge in [0.25, 0.3) is 0 Å². The number of piperazine rings is 1. The van der Waals surface area contributed by atoms with Crippen molar-refractivity contribution in [1.82, 2.24) is 20.2 Å². The fourth-order valence-electron chi connectivity index (χ4n) is 4.97.